The first kappa shape index (κ1) is 30.0. The maximum atomic E-state index is 13.5. The Hall–Kier alpha value is -4.57. The summed E-state index contributed by atoms with van der Waals surface area (Å²) in [4.78, 5) is 63.1. The minimum atomic E-state index is -1.21. The molecule has 11 N–H and O–H groups in total. The average molecular weight is 559 g/mol. The van der Waals surface area contributed by atoms with Crippen molar-refractivity contribution in [3.05, 3.63) is 46.5 Å². The van der Waals surface area contributed by atoms with Crippen LogP contribution in [0.15, 0.2) is 24.3 Å². The van der Waals surface area contributed by atoms with Gasteiger partial charge in [0, 0.05) is 25.3 Å². The Morgan fingerprint density at radius 3 is 1.93 bits per heavy atom. The van der Waals surface area contributed by atoms with Crippen LogP contribution < -0.4 is 32.3 Å². The van der Waals surface area contributed by atoms with Gasteiger partial charge in [-0.2, -0.15) is 0 Å². The van der Waals surface area contributed by atoms with E-state index < -0.39 is 72.1 Å². The molecule has 3 amide bonds. The van der Waals surface area contributed by atoms with Gasteiger partial charge in [-0.15, -0.1) is 0 Å². The van der Waals surface area contributed by atoms with Crippen LogP contribution in [0.2, 0.25) is 0 Å². The number of aromatic hydroxyl groups is 2. The molecule has 1 aliphatic carbocycles. The molecule has 0 bridgehead atoms. The Kier molecular flexibility index (Phi) is 10.1. The highest BCUT2D eigenvalue weighted by Gasteiger charge is 2.38. The van der Waals surface area contributed by atoms with Gasteiger partial charge in [-0.05, 0) is 24.3 Å². The number of benzene rings is 2. The summed E-state index contributed by atoms with van der Waals surface area (Å²) in [5.41, 5.74) is 4.34. The number of amides is 3. The van der Waals surface area contributed by atoms with Crippen molar-refractivity contribution in [3.8, 4) is 11.5 Å². The quantitative estimate of drug-likeness (QED) is 0.0763. The Bertz CT molecular complexity index is 1330. The smallest absolute Gasteiger partial charge is 0.243 e. The second-order valence-electron chi connectivity index (χ2n) is 8.65. The molecule has 214 valence electrons. The molecular weight excluding hydrogens is 528 g/mol. The van der Waals surface area contributed by atoms with E-state index >= 15 is 0 Å². The van der Waals surface area contributed by atoms with Crippen molar-refractivity contribution >= 4 is 40.7 Å². The Morgan fingerprint density at radius 1 is 0.750 bits per heavy atom. The summed E-state index contributed by atoms with van der Waals surface area (Å²) in [6.07, 6.45) is 0. The van der Waals surface area contributed by atoms with Crippen LogP contribution in [0.5, 0.6) is 11.5 Å². The molecule has 0 spiro atoms. The van der Waals surface area contributed by atoms with Gasteiger partial charge in [-0.25, -0.2) is 0 Å². The number of phenolic OH excluding ortho intramolecular Hbond substituents is 2. The number of anilines is 2. The van der Waals surface area contributed by atoms with E-state index in [0.29, 0.717) is 19.6 Å². The number of nitrogens with one attached hydrogen (secondary N) is 5. The third-order valence-corrected chi connectivity index (χ3v) is 5.86. The van der Waals surface area contributed by atoms with E-state index in [1.54, 1.807) is 0 Å². The molecule has 0 heterocycles. The van der Waals surface area contributed by atoms with Crippen LogP contribution in [0.3, 0.4) is 0 Å². The van der Waals surface area contributed by atoms with E-state index in [4.69, 9.17) is 15.9 Å². The lowest BCUT2D eigenvalue weighted by Crippen LogP contribution is -2.47. The number of hydrogen-bond donors (Lipinski definition) is 10. The van der Waals surface area contributed by atoms with Gasteiger partial charge in [-0.3, -0.25) is 24.0 Å². The highest BCUT2D eigenvalue weighted by atomic mass is 16.3. The molecule has 15 nitrogen and oxygen atoms in total. The maximum absolute atomic E-state index is 13.5. The molecular formula is C25H30N6O9. The lowest BCUT2D eigenvalue weighted by atomic mass is 9.81. The second kappa shape index (κ2) is 13.5. The fourth-order valence-corrected chi connectivity index (χ4v) is 3.92. The lowest BCUT2D eigenvalue weighted by molar-refractivity contribution is -0.127. The first-order valence-electron chi connectivity index (χ1n) is 12.2. The normalized spacial score (nSPS) is 12.7. The number of phenols is 2. The number of carbonyl (C=O) groups is 5. The van der Waals surface area contributed by atoms with E-state index in [1.807, 2.05) is 0 Å². The van der Waals surface area contributed by atoms with Gasteiger partial charge in [0.15, 0.2) is 0 Å². The number of nitrogens with two attached hydrogens (primary N) is 1. The summed E-state index contributed by atoms with van der Waals surface area (Å²) in [5, 5.41) is 51.3. The van der Waals surface area contributed by atoms with Gasteiger partial charge < -0.3 is 52.7 Å². The molecule has 40 heavy (non-hydrogen) atoms. The highest BCUT2D eigenvalue weighted by Crippen LogP contribution is 2.42. The van der Waals surface area contributed by atoms with Gasteiger partial charge in [-0.1, -0.05) is 0 Å². The van der Waals surface area contributed by atoms with Gasteiger partial charge in [0.05, 0.1) is 54.2 Å². The zero-order valence-electron chi connectivity index (χ0n) is 21.2. The van der Waals surface area contributed by atoms with Gasteiger partial charge >= 0.3 is 0 Å². The molecule has 0 aromatic heterocycles. The first-order valence-corrected chi connectivity index (χ1v) is 12.2. The van der Waals surface area contributed by atoms with Crippen molar-refractivity contribution in [1.29, 1.82) is 0 Å². The van der Waals surface area contributed by atoms with Crippen LogP contribution in [0.25, 0.3) is 0 Å². The largest absolute Gasteiger partial charge is 0.507 e. The molecule has 3 rings (SSSR count). The number of carbonyl (C=O) groups excluding carboxylic acids is 5. The topological polar surface area (TPSA) is 252 Å². The lowest BCUT2D eigenvalue weighted by Gasteiger charge is -2.24. The number of fused-ring (bicyclic) bond motifs is 2. The molecule has 1 unspecified atom stereocenters. The van der Waals surface area contributed by atoms with E-state index in [0.717, 1.165) is 12.1 Å². The van der Waals surface area contributed by atoms with Crippen molar-refractivity contribution in [1.82, 2.24) is 16.0 Å². The SMILES string of the molecule is NC(CO)C(=O)NCC(=O)NCC(=O)Nc1ccc(NCCNCCO)c2c1C(=O)c1c(O)ccc(O)c1C2=O. The third-order valence-electron chi connectivity index (χ3n) is 5.86. The molecule has 0 saturated heterocycles. The first-order chi connectivity index (χ1) is 19.1. The third kappa shape index (κ3) is 6.70. The fraction of sp³-hybridized carbons (Fsp3) is 0.320. The van der Waals surface area contributed by atoms with Crippen LogP contribution in [-0.2, 0) is 14.4 Å². The molecule has 2 aromatic carbocycles. The molecule has 2 aromatic rings. The van der Waals surface area contributed by atoms with E-state index in [-0.39, 0.29) is 34.7 Å². The van der Waals surface area contributed by atoms with Gasteiger partial charge in [0.2, 0.25) is 29.3 Å². The number of aliphatic hydroxyl groups is 2. The van der Waals surface area contributed by atoms with Gasteiger partial charge in [0.25, 0.3) is 0 Å². The molecule has 0 radical (unpaired) electrons. The van der Waals surface area contributed by atoms with Crippen molar-refractivity contribution in [2.45, 2.75) is 6.04 Å². The Balaban J connectivity index is 1.83. The summed E-state index contributed by atoms with van der Waals surface area (Å²) in [7, 11) is 0. The van der Waals surface area contributed by atoms with Gasteiger partial charge in [0.1, 0.15) is 17.5 Å². The number of hydrogen-bond acceptors (Lipinski definition) is 12. The summed E-state index contributed by atoms with van der Waals surface area (Å²) in [5.74, 6) is -4.87. The Morgan fingerprint density at radius 2 is 1.32 bits per heavy atom. The van der Waals surface area contributed by atoms with E-state index in [2.05, 4.69) is 26.6 Å². The molecule has 0 aliphatic heterocycles. The Labute approximate surface area is 227 Å². The molecule has 1 aliphatic rings. The van der Waals surface area contributed by atoms with Crippen molar-refractivity contribution in [2.24, 2.45) is 5.73 Å². The monoisotopic (exact) mass is 558 g/mol. The minimum Gasteiger partial charge on any atom is -0.507 e. The molecule has 15 heteroatoms. The van der Waals surface area contributed by atoms with Crippen LogP contribution in [0.4, 0.5) is 11.4 Å². The summed E-state index contributed by atoms with van der Waals surface area (Å²) < 4.78 is 0. The van der Waals surface area contributed by atoms with Crippen molar-refractivity contribution in [3.63, 3.8) is 0 Å². The zero-order chi connectivity index (χ0) is 29.4. The van der Waals surface area contributed by atoms with Crippen molar-refractivity contribution < 1.29 is 44.4 Å². The van der Waals surface area contributed by atoms with E-state index in [1.165, 1.54) is 12.1 Å². The minimum absolute atomic E-state index is 0.0662. The van der Waals surface area contributed by atoms with Crippen LogP contribution in [0.1, 0.15) is 31.8 Å². The van der Waals surface area contributed by atoms with Crippen LogP contribution >= 0.6 is 0 Å². The highest BCUT2D eigenvalue weighted by molar-refractivity contribution is 6.33. The summed E-state index contributed by atoms with van der Waals surface area (Å²) >= 11 is 0. The maximum Gasteiger partial charge on any atom is 0.243 e. The predicted molar refractivity (Wildman–Crippen MR) is 141 cm³/mol. The number of aliphatic hydroxyl groups excluding tert-OH is 2. The standard InChI is InChI=1S/C25H30N6O9/c26-12(11-33)25(40)30-9-17(36)29-10-18(37)31-14-2-1-13(28-6-5-27-7-8-32)19-20(14)24(39)22-16(35)4-3-15(34)21(22)23(19)38/h1-4,12,27-28,32-35H,5-11,26H2,(H,29,36)(H,30,40)(H,31,37). The molecule has 0 fully saturated rings. The zero-order valence-corrected chi connectivity index (χ0v) is 21.2. The molecule has 0 saturated carbocycles. The van der Waals surface area contributed by atoms with Crippen LogP contribution in [0, 0.1) is 0 Å². The average Bonchev–Trinajstić information content (AvgIpc) is 2.94. The van der Waals surface area contributed by atoms with Crippen molar-refractivity contribution in [2.75, 3.05) is 56.6 Å². The number of rotatable bonds is 13. The van der Waals surface area contributed by atoms with E-state index in [9.17, 15) is 34.2 Å². The second-order valence-corrected chi connectivity index (χ2v) is 8.65. The number of ketones is 2. The fourth-order valence-electron chi connectivity index (χ4n) is 3.92. The molecule has 1 atom stereocenters. The summed E-state index contributed by atoms with van der Waals surface area (Å²) in [6, 6.07) is 3.77. The summed E-state index contributed by atoms with van der Waals surface area (Å²) in [6.45, 7) is -0.690. The predicted octanol–water partition coefficient (Wildman–Crippen LogP) is -2.64. The van der Waals surface area contributed by atoms with Crippen LogP contribution in [-0.4, -0.2) is 102 Å².